The predicted molar refractivity (Wildman–Crippen MR) is 93.9 cm³/mol. The van der Waals surface area contributed by atoms with Gasteiger partial charge in [-0.1, -0.05) is 18.2 Å². The van der Waals surface area contributed by atoms with Crippen molar-refractivity contribution in [3.8, 4) is 11.3 Å². The first-order valence-electron chi connectivity index (χ1n) is 7.70. The smallest absolute Gasteiger partial charge is 0.395 e. The number of nitrogens with zero attached hydrogens (tertiary/aromatic N) is 3. The number of fused-ring (bicyclic) bond motifs is 1. The van der Waals surface area contributed by atoms with Crippen molar-refractivity contribution >= 4 is 23.1 Å². The first kappa shape index (κ1) is 15.6. The number of aromatic nitrogens is 2. The highest BCUT2D eigenvalue weighted by Crippen LogP contribution is 2.22. The molecule has 8 nitrogen and oxygen atoms in total. The number of amides is 1. The summed E-state index contributed by atoms with van der Waals surface area (Å²) in [6.07, 6.45) is 3.84. The van der Waals surface area contributed by atoms with Gasteiger partial charge in [0.15, 0.2) is 5.76 Å². The van der Waals surface area contributed by atoms with E-state index in [0.717, 1.165) is 23.0 Å². The Kier molecular flexibility index (Phi) is 3.70. The van der Waals surface area contributed by atoms with E-state index in [1.807, 2.05) is 47.1 Å². The number of anilines is 1. The molecule has 0 aliphatic rings. The number of nitrogens with one attached hydrogen (secondary N) is 1. The third-order valence-corrected chi connectivity index (χ3v) is 3.80. The van der Waals surface area contributed by atoms with Crippen molar-refractivity contribution < 1.29 is 14.1 Å². The largest absolute Gasteiger partial charge is 0.433 e. The molecule has 1 aromatic carbocycles. The van der Waals surface area contributed by atoms with Crippen LogP contribution in [0.5, 0.6) is 0 Å². The summed E-state index contributed by atoms with van der Waals surface area (Å²) in [5.41, 5.74) is 3.11. The van der Waals surface area contributed by atoms with Crippen LogP contribution in [0, 0.1) is 10.1 Å². The number of furan rings is 1. The van der Waals surface area contributed by atoms with E-state index in [2.05, 4.69) is 10.3 Å². The fraction of sp³-hybridized carbons (Fsp3) is 0. The summed E-state index contributed by atoms with van der Waals surface area (Å²) in [5, 5.41) is 13.2. The van der Waals surface area contributed by atoms with Crippen LogP contribution in [0.3, 0.4) is 0 Å². The number of hydrogen-bond donors (Lipinski definition) is 1. The Balaban J connectivity index is 1.51. The van der Waals surface area contributed by atoms with E-state index in [9.17, 15) is 14.9 Å². The Morgan fingerprint density at radius 1 is 1.12 bits per heavy atom. The molecule has 128 valence electrons. The average Bonchev–Trinajstić information content (AvgIpc) is 3.29. The van der Waals surface area contributed by atoms with Gasteiger partial charge in [-0.3, -0.25) is 14.9 Å². The summed E-state index contributed by atoms with van der Waals surface area (Å²) in [4.78, 5) is 26.5. The zero-order chi connectivity index (χ0) is 18.1. The molecule has 26 heavy (non-hydrogen) atoms. The van der Waals surface area contributed by atoms with Crippen LogP contribution in [-0.4, -0.2) is 20.2 Å². The standard InChI is InChI=1S/C18H12N4O4/c23-18(15-8-9-17(26-15)22(24)25)19-13-6-4-12(5-7-13)14-11-21-10-2-1-3-16(21)20-14/h1-11H,(H,19,23). The molecule has 3 heterocycles. The maximum Gasteiger partial charge on any atom is 0.433 e. The lowest BCUT2D eigenvalue weighted by molar-refractivity contribution is -0.402. The minimum Gasteiger partial charge on any atom is -0.395 e. The lowest BCUT2D eigenvalue weighted by Gasteiger charge is -2.04. The molecule has 0 spiro atoms. The van der Waals surface area contributed by atoms with Crippen LogP contribution in [-0.2, 0) is 0 Å². The maximum absolute atomic E-state index is 12.1. The highest BCUT2D eigenvalue weighted by Gasteiger charge is 2.17. The topological polar surface area (TPSA) is 103 Å². The lowest BCUT2D eigenvalue weighted by Crippen LogP contribution is -2.10. The first-order chi connectivity index (χ1) is 12.6. The van der Waals surface area contributed by atoms with E-state index < -0.39 is 16.7 Å². The third-order valence-electron chi connectivity index (χ3n) is 3.80. The number of carbonyl (C=O) groups excluding carboxylic acids is 1. The minimum absolute atomic E-state index is 0.124. The summed E-state index contributed by atoms with van der Waals surface area (Å²) in [7, 11) is 0. The van der Waals surface area contributed by atoms with Gasteiger partial charge in [0.2, 0.25) is 0 Å². The normalized spacial score (nSPS) is 10.8. The second kappa shape index (κ2) is 6.17. The fourth-order valence-corrected chi connectivity index (χ4v) is 2.54. The van der Waals surface area contributed by atoms with E-state index in [-0.39, 0.29) is 5.76 Å². The van der Waals surface area contributed by atoms with E-state index >= 15 is 0 Å². The Bertz CT molecular complexity index is 1080. The van der Waals surface area contributed by atoms with Gasteiger partial charge >= 0.3 is 5.88 Å². The zero-order valence-electron chi connectivity index (χ0n) is 13.3. The quantitative estimate of drug-likeness (QED) is 0.447. The number of rotatable bonds is 4. The van der Waals surface area contributed by atoms with Crippen molar-refractivity contribution in [3.05, 3.63) is 82.9 Å². The molecule has 0 saturated heterocycles. The first-order valence-corrected chi connectivity index (χ1v) is 7.70. The Labute approximate surface area is 146 Å². The number of pyridine rings is 1. The maximum atomic E-state index is 12.1. The molecule has 0 bridgehead atoms. The van der Waals surface area contributed by atoms with Gasteiger partial charge in [0.25, 0.3) is 5.91 Å². The van der Waals surface area contributed by atoms with Gasteiger partial charge in [-0.2, -0.15) is 0 Å². The van der Waals surface area contributed by atoms with Crippen LogP contribution in [0.2, 0.25) is 0 Å². The molecule has 1 amide bonds. The van der Waals surface area contributed by atoms with E-state index in [1.165, 1.54) is 6.07 Å². The zero-order valence-corrected chi connectivity index (χ0v) is 13.3. The van der Waals surface area contributed by atoms with Crippen molar-refractivity contribution in [2.75, 3.05) is 5.32 Å². The van der Waals surface area contributed by atoms with Gasteiger partial charge in [-0.15, -0.1) is 0 Å². The van der Waals surface area contributed by atoms with Crippen LogP contribution in [0.25, 0.3) is 16.9 Å². The summed E-state index contributed by atoms with van der Waals surface area (Å²) >= 11 is 0. The summed E-state index contributed by atoms with van der Waals surface area (Å²) in [6, 6.07) is 15.3. The molecular weight excluding hydrogens is 336 g/mol. The molecule has 3 aromatic heterocycles. The molecule has 0 fully saturated rings. The molecule has 8 heteroatoms. The lowest BCUT2D eigenvalue weighted by atomic mass is 10.1. The third kappa shape index (κ3) is 2.91. The number of hydrogen-bond acceptors (Lipinski definition) is 5. The van der Waals surface area contributed by atoms with Crippen molar-refractivity contribution in [1.29, 1.82) is 0 Å². The predicted octanol–water partition coefficient (Wildman–Crippen LogP) is 3.75. The minimum atomic E-state index is -0.694. The van der Waals surface area contributed by atoms with E-state index in [1.54, 1.807) is 12.1 Å². The highest BCUT2D eigenvalue weighted by molar-refractivity contribution is 6.02. The second-order valence-electron chi connectivity index (χ2n) is 5.52. The number of nitro groups is 1. The van der Waals surface area contributed by atoms with E-state index in [0.29, 0.717) is 5.69 Å². The molecule has 0 saturated carbocycles. The Morgan fingerprint density at radius 2 is 1.92 bits per heavy atom. The molecule has 0 aliphatic carbocycles. The summed E-state index contributed by atoms with van der Waals surface area (Å²) in [6.45, 7) is 0. The van der Waals surface area contributed by atoms with E-state index in [4.69, 9.17) is 4.42 Å². The monoisotopic (exact) mass is 348 g/mol. The molecule has 4 aromatic rings. The van der Waals surface area contributed by atoms with Crippen LogP contribution in [0.4, 0.5) is 11.6 Å². The van der Waals surface area contributed by atoms with Gasteiger partial charge in [-0.05, 0) is 30.3 Å². The van der Waals surface area contributed by atoms with Crippen molar-refractivity contribution in [2.24, 2.45) is 0 Å². The van der Waals surface area contributed by atoms with Gasteiger partial charge in [0.05, 0.1) is 11.8 Å². The SMILES string of the molecule is O=C(Nc1ccc(-c2cn3ccccc3n2)cc1)c1ccc([N+](=O)[O-])o1. The highest BCUT2D eigenvalue weighted by atomic mass is 16.6. The van der Waals surface area contributed by atoms with Gasteiger partial charge in [-0.25, -0.2) is 4.98 Å². The molecule has 0 radical (unpaired) electrons. The molecular formula is C18H12N4O4. The van der Waals surface area contributed by atoms with Crippen LogP contribution >= 0.6 is 0 Å². The number of imidazole rings is 1. The van der Waals surface area contributed by atoms with Crippen LogP contribution in [0.15, 0.2) is 71.4 Å². The average molecular weight is 348 g/mol. The summed E-state index contributed by atoms with van der Waals surface area (Å²) in [5.74, 6) is -1.16. The Morgan fingerprint density at radius 3 is 2.62 bits per heavy atom. The molecule has 1 N–H and O–H groups in total. The van der Waals surface area contributed by atoms with Gasteiger partial charge in [0, 0.05) is 23.6 Å². The van der Waals surface area contributed by atoms with Gasteiger partial charge in [0.1, 0.15) is 10.6 Å². The fourth-order valence-electron chi connectivity index (χ4n) is 2.54. The van der Waals surface area contributed by atoms with Crippen molar-refractivity contribution in [1.82, 2.24) is 9.38 Å². The second-order valence-corrected chi connectivity index (χ2v) is 5.52. The van der Waals surface area contributed by atoms with Crippen molar-refractivity contribution in [2.45, 2.75) is 0 Å². The summed E-state index contributed by atoms with van der Waals surface area (Å²) < 4.78 is 6.81. The number of carbonyl (C=O) groups is 1. The van der Waals surface area contributed by atoms with Gasteiger partial charge < -0.3 is 14.1 Å². The molecule has 0 atom stereocenters. The van der Waals surface area contributed by atoms with Crippen LogP contribution < -0.4 is 5.32 Å². The van der Waals surface area contributed by atoms with Crippen LogP contribution in [0.1, 0.15) is 10.6 Å². The Hall–Kier alpha value is -3.94. The number of benzene rings is 1. The molecule has 0 aliphatic heterocycles. The molecule has 0 unspecified atom stereocenters. The molecule has 4 rings (SSSR count). The van der Waals surface area contributed by atoms with Crippen molar-refractivity contribution in [3.63, 3.8) is 0 Å².